The molecule has 0 aliphatic carbocycles. The van der Waals surface area contributed by atoms with Crippen LogP contribution in [0.15, 0.2) is 15.8 Å². The van der Waals surface area contributed by atoms with Crippen LogP contribution < -0.4 is 11.2 Å². The fraction of sp³-hybridized carbons (Fsp3) is 0.556. The number of ether oxygens (including phenoxy) is 1. The highest BCUT2D eigenvalue weighted by molar-refractivity contribution is 7.92. The first-order valence-electron chi connectivity index (χ1n) is 5.00. The van der Waals surface area contributed by atoms with E-state index in [2.05, 4.69) is 4.98 Å². The van der Waals surface area contributed by atoms with Gasteiger partial charge in [-0.2, -0.15) is 4.55 Å². The molecule has 0 bridgehead atoms. The molecule has 2 heterocycles. The van der Waals surface area contributed by atoms with Crippen LogP contribution in [0.3, 0.4) is 0 Å². The maximum atomic E-state index is 11.6. The van der Waals surface area contributed by atoms with E-state index in [1.165, 1.54) is 10.8 Å². The van der Waals surface area contributed by atoms with Crippen LogP contribution in [-0.2, 0) is 15.9 Å². The van der Waals surface area contributed by atoms with Crippen LogP contribution in [0.1, 0.15) is 11.8 Å². The van der Waals surface area contributed by atoms with Crippen molar-refractivity contribution in [2.24, 2.45) is 0 Å². The van der Waals surface area contributed by atoms with Gasteiger partial charge < -0.3 is 5.11 Å². The number of aromatic amines is 1. The summed E-state index contributed by atoms with van der Waals surface area (Å²) >= 11 is -1.09. The van der Waals surface area contributed by atoms with Crippen molar-refractivity contribution in [2.75, 3.05) is 12.4 Å². The first-order valence-corrected chi connectivity index (χ1v) is 6.41. The lowest BCUT2D eigenvalue weighted by Gasteiger charge is -2.10. The largest absolute Gasteiger partial charge is 0.388 e. The molecule has 1 fully saturated rings. The Kier molecular flexibility index (Phi) is 3.38. The summed E-state index contributed by atoms with van der Waals surface area (Å²) in [7, 11) is 0. The molecule has 1 unspecified atom stereocenters. The van der Waals surface area contributed by atoms with Crippen molar-refractivity contribution in [1.29, 1.82) is 0 Å². The molecule has 7 nitrogen and oxygen atoms in total. The average molecular weight is 261 g/mol. The van der Waals surface area contributed by atoms with Gasteiger partial charge in [-0.15, -0.1) is 0 Å². The van der Waals surface area contributed by atoms with Crippen LogP contribution in [0.4, 0.5) is 0 Å². The lowest BCUT2D eigenvalue weighted by molar-refractivity contribution is -0.00784. The quantitative estimate of drug-likeness (QED) is 0.579. The van der Waals surface area contributed by atoms with Gasteiger partial charge in [-0.1, -0.05) is 0 Å². The smallest absolute Gasteiger partial charge is 0.330 e. The average Bonchev–Trinajstić information content (AvgIpc) is 2.65. The fourth-order valence-corrected chi connectivity index (χ4v) is 2.78. The van der Waals surface area contributed by atoms with E-state index >= 15 is 0 Å². The standard InChI is InChI=1S/C9H12N2O5S/c1-5-2-11(9(14)10-8(5)13)6-4-17(15)7(3-12)16-6/h2,6-7,12,15H,3-4H2,1H3/p+1/t6-,7+,17?/m1/s1. The van der Waals surface area contributed by atoms with Crippen LogP contribution >= 0.6 is 0 Å². The van der Waals surface area contributed by atoms with Crippen molar-refractivity contribution < 1.29 is 14.4 Å². The number of H-pyrrole nitrogens is 1. The molecule has 0 radical (unpaired) electrons. The molecule has 1 aliphatic rings. The predicted molar refractivity (Wildman–Crippen MR) is 61.9 cm³/mol. The van der Waals surface area contributed by atoms with Crippen molar-refractivity contribution in [2.45, 2.75) is 18.6 Å². The van der Waals surface area contributed by atoms with Gasteiger partial charge in [0.15, 0.2) is 23.2 Å². The Morgan fingerprint density at radius 2 is 2.35 bits per heavy atom. The third kappa shape index (κ3) is 2.29. The summed E-state index contributed by atoms with van der Waals surface area (Å²) in [6.45, 7) is 1.28. The molecule has 2 rings (SSSR count). The number of rotatable bonds is 2. The molecular weight excluding hydrogens is 248 g/mol. The number of aromatic nitrogens is 2. The Balaban J connectivity index is 2.34. The second kappa shape index (κ2) is 4.65. The maximum absolute atomic E-state index is 11.6. The third-order valence-corrected chi connectivity index (χ3v) is 4.02. The first kappa shape index (κ1) is 12.4. The Bertz CT molecular complexity index is 525. The Morgan fingerprint density at radius 1 is 1.65 bits per heavy atom. The predicted octanol–water partition coefficient (Wildman–Crippen LogP) is -1.22. The van der Waals surface area contributed by atoms with Gasteiger partial charge in [0, 0.05) is 11.8 Å². The molecule has 1 aromatic rings. The van der Waals surface area contributed by atoms with Crippen molar-refractivity contribution in [3.63, 3.8) is 0 Å². The summed E-state index contributed by atoms with van der Waals surface area (Å²) in [6, 6.07) is 0. The van der Waals surface area contributed by atoms with E-state index in [-0.39, 0.29) is 12.4 Å². The van der Waals surface area contributed by atoms with E-state index in [4.69, 9.17) is 9.84 Å². The number of aliphatic hydroxyl groups excluding tert-OH is 1. The third-order valence-electron chi connectivity index (χ3n) is 2.53. The minimum absolute atomic E-state index is 0.233. The Hall–Kier alpha value is -1.09. The molecule has 17 heavy (non-hydrogen) atoms. The summed E-state index contributed by atoms with van der Waals surface area (Å²) in [5.74, 6) is 0.233. The number of hydrogen-bond donors (Lipinski definition) is 3. The second-order valence-electron chi connectivity index (χ2n) is 3.75. The van der Waals surface area contributed by atoms with E-state index < -0.39 is 34.1 Å². The van der Waals surface area contributed by atoms with Crippen molar-refractivity contribution in [3.8, 4) is 0 Å². The normalized spacial score (nSPS) is 28.5. The molecule has 8 heteroatoms. The van der Waals surface area contributed by atoms with E-state index in [0.29, 0.717) is 5.56 Å². The number of nitrogens with one attached hydrogen (secondary N) is 1. The van der Waals surface area contributed by atoms with Crippen molar-refractivity contribution in [3.05, 3.63) is 32.6 Å². The topological polar surface area (TPSA) is 105 Å². The van der Waals surface area contributed by atoms with E-state index in [1.54, 1.807) is 6.92 Å². The number of nitrogens with zero attached hydrogens (tertiary/aromatic N) is 1. The lowest BCUT2D eigenvalue weighted by atomic mass is 10.4. The zero-order chi connectivity index (χ0) is 12.6. The van der Waals surface area contributed by atoms with Gasteiger partial charge in [0.1, 0.15) is 6.61 Å². The molecule has 1 aromatic heterocycles. The molecule has 3 N–H and O–H groups in total. The molecule has 0 aromatic carbocycles. The highest BCUT2D eigenvalue weighted by Crippen LogP contribution is 2.25. The molecular formula is C9H13N2O5S+. The van der Waals surface area contributed by atoms with Crippen LogP contribution in [0.2, 0.25) is 0 Å². The molecule has 94 valence electrons. The lowest BCUT2D eigenvalue weighted by Crippen LogP contribution is -2.34. The minimum atomic E-state index is -1.09. The highest BCUT2D eigenvalue weighted by Gasteiger charge is 2.44. The SMILES string of the molecule is Cc1cn([C@H]2C[S+](O)[C@@H](CO)O2)c(=O)[nH]c1=O. The Labute approximate surface area is 99.2 Å². The van der Waals surface area contributed by atoms with Crippen LogP contribution in [0.25, 0.3) is 0 Å². The van der Waals surface area contributed by atoms with Crippen LogP contribution in [0, 0.1) is 6.92 Å². The molecule has 0 amide bonds. The molecule has 1 aliphatic heterocycles. The van der Waals surface area contributed by atoms with E-state index in [0.717, 1.165) is 0 Å². The zero-order valence-corrected chi connectivity index (χ0v) is 9.94. The molecule has 3 atom stereocenters. The fourth-order valence-electron chi connectivity index (χ4n) is 1.61. The van der Waals surface area contributed by atoms with Gasteiger partial charge in [-0.25, -0.2) is 4.79 Å². The van der Waals surface area contributed by atoms with Gasteiger partial charge in [0.2, 0.25) is 0 Å². The van der Waals surface area contributed by atoms with Gasteiger partial charge in [0.25, 0.3) is 11.0 Å². The molecule has 0 saturated carbocycles. The molecule has 1 saturated heterocycles. The summed E-state index contributed by atoms with van der Waals surface area (Å²) in [5.41, 5.74) is -1.30. The summed E-state index contributed by atoms with van der Waals surface area (Å²) in [4.78, 5) is 24.9. The maximum Gasteiger partial charge on any atom is 0.330 e. The van der Waals surface area contributed by atoms with E-state index in [1.807, 2.05) is 0 Å². The molecule has 0 spiro atoms. The highest BCUT2D eigenvalue weighted by atomic mass is 32.2. The van der Waals surface area contributed by atoms with E-state index in [9.17, 15) is 14.1 Å². The van der Waals surface area contributed by atoms with Gasteiger partial charge in [-0.3, -0.25) is 19.1 Å². The van der Waals surface area contributed by atoms with Crippen molar-refractivity contribution >= 4 is 11.2 Å². The van der Waals surface area contributed by atoms with Gasteiger partial charge >= 0.3 is 5.69 Å². The van der Waals surface area contributed by atoms with Crippen LogP contribution in [0.5, 0.6) is 0 Å². The van der Waals surface area contributed by atoms with Gasteiger partial charge in [-0.05, 0) is 6.92 Å². The first-order chi connectivity index (χ1) is 8.02. The summed E-state index contributed by atoms with van der Waals surface area (Å²) in [6.07, 6.45) is 0.742. The zero-order valence-electron chi connectivity index (χ0n) is 9.12. The summed E-state index contributed by atoms with van der Waals surface area (Å²) in [5, 5.41) is 8.95. The number of hydrogen-bond acceptors (Lipinski definition) is 5. The number of aryl methyl sites for hydroxylation is 1. The van der Waals surface area contributed by atoms with Gasteiger partial charge in [0.05, 0.1) is 0 Å². The van der Waals surface area contributed by atoms with Crippen LogP contribution in [-0.4, -0.2) is 37.0 Å². The summed E-state index contributed by atoms with van der Waals surface area (Å²) < 4.78 is 16.2. The monoisotopic (exact) mass is 261 g/mol. The van der Waals surface area contributed by atoms with Crippen molar-refractivity contribution in [1.82, 2.24) is 9.55 Å². The Morgan fingerprint density at radius 3 is 2.94 bits per heavy atom. The minimum Gasteiger partial charge on any atom is -0.388 e. The second-order valence-corrected chi connectivity index (χ2v) is 5.41. The number of aliphatic hydroxyl groups is 1.